The Morgan fingerprint density at radius 1 is 1.03 bits per heavy atom. The van der Waals surface area contributed by atoms with Crippen LogP contribution in [0.3, 0.4) is 0 Å². The van der Waals surface area contributed by atoms with E-state index in [9.17, 15) is 4.79 Å². The lowest BCUT2D eigenvalue weighted by Gasteiger charge is -2.24. The van der Waals surface area contributed by atoms with Crippen LogP contribution in [0.25, 0.3) is 22.2 Å². The van der Waals surface area contributed by atoms with E-state index in [1.165, 1.54) is 0 Å². The SMILES string of the molecule is COc1ccc(-c2cc(C(=O)NC3CCNCC3)c3ccccc3n2)cc1OC. The van der Waals surface area contributed by atoms with E-state index in [0.29, 0.717) is 17.1 Å². The molecule has 0 spiro atoms. The second kappa shape index (κ2) is 8.49. The lowest BCUT2D eigenvalue weighted by atomic mass is 10.0. The Kier molecular flexibility index (Phi) is 5.62. The molecule has 2 aromatic carbocycles. The van der Waals surface area contributed by atoms with Gasteiger partial charge in [0.2, 0.25) is 0 Å². The Labute approximate surface area is 170 Å². The molecule has 1 saturated heterocycles. The van der Waals surface area contributed by atoms with E-state index in [0.717, 1.165) is 48.1 Å². The van der Waals surface area contributed by atoms with Crippen LogP contribution in [0.4, 0.5) is 0 Å². The summed E-state index contributed by atoms with van der Waals surface area (Å²) in [5.74, 6) is 1.22. The molecule has 0 bridgehead atoms. The first-order valence-electron chi connectivity index (χ1n) is 9.83. The highest BCUT2D eigenvalue weighted by Gasteiger charge is 2.19. The van der Waals surface area contributed by atoms with Gasteiger partial charge in [-0.3, -0.25) is 4.79 Å². The first-order chi connectivity index (χ1) is 14.2. The van der Waals surface area contributed by atoms with E-state index >= 15 is 0 Å². The molecule has 150 valence electrons. The van der Waals surface area contributed by atoms with Crippen molar-refractivity contribution in [3.8, 4) is 22.8 Å². The van der Waals surface area contributed by atoms with Crippen LogP contribution in [0.15, 0.2) is 48.5 Å². The number of carbonyl (C=O) groups is 1. The maximum Gasteiger partial charge on any atom is 0.252 e. The summed E-state index contributed by atoms with van der Waals surface area (Å²) >= 11 is 0. The summed E-state index contributed by atoms with van der Waals surface area (Å²) in [7, 11) is 3.21. The largest absolute Gasteiger partial charge is 0.493 e. The van der Waals surface area contributed by atoms with Crippen LogP contribution >= 0.6 is 0 Å². The van der Waals surface area contributed by atoms with Crippen molar-refractivity contribution in [1.82, 2.24) is 15.6 Å². The highest BCUT2D eigenvalue weighted by molar-refractivity contribution is 6.07. The molecule has 1 aliphatic heterocycles. The van der Waals surface area contributed by atoms with Gasteiger partial charge in [-0.15, -0.1) is 0 Å². The van der Waals surface area contributed by atoms with Crippen LogP contribution in [0.2, 0.25) is 0 Å². The van der Waals surface area contributed by atoms with Crippen LogP contribution in [0.1, 0.15) is 23.2 Å². The van der Waals surface area contributed by atoms with Gasteiger partial charge in [0.1, 0.15) is 0 Å². The number of para-hydroxylation sites is 1. The van der Waals surface area contributed by atoms with Crippen molar-refractivity contribution in [3.05, 3.63) is 54.1 Å². The van der Waals surface area contributed by atoms with E-state index in [2.05, 4.69) is 10.6 Å². The molecule has 1 aliphatic rings. The Balaban J connectivity index is 1.75. The Hall–Kier alpha value is -3.12. The monoisotopic (exact) mass is 391 g/mol. The van der Waals surface area contributed by atoms with Crippen molar-refractivity contribution in [2.24, 2.45) is 0 Å². The summed E-state index contributed by atoms with van der Waals surface area (Å²) in [6, 6.07) is 15.4. The minimum Gasteiger partial charge on any atom is -0.493 e. The van der Waals surface area contributed by atoms with Gasteiger partial charge in [0.15, 0.2) is 11.5 Å². The molecular formula is C23H25N3O3. The number of pyridine rings is 1. The zero-order valence-corrected chi connectivity index (χ0v) is 16.7. The summed E-state index contributed by atoms with van der Waals surface area (Å²) < 4.78 is 10.8. The second-order valence-corrected chi connectivity index (χ2v) is 7.14. The predicted octanol–water partition coefficient (Wildman–Crippen LogP) is 3.40. The van der Waals surface area contributed by atoms with Crippen LogP contribution in [0, 0.1) is 0 Å². The number of aromatic nitrogens is 1. The van der Waals surface area contributed by atoms with Crippen LogP contribution in [0.5, 0.6) is 11.5 Å². The predicted molar refractivity (Wildman–Crippen MR) is 114 cm³/mol. The number of methoxy groups -OCH3 is 2. The summed E-state index contributed by atoms with van der Waals surface area (Å²) in [4.78, 5) is 17.9. The molecular weight excluding hydrogens is 366 g/mol. The van der Waals surface area contributed by atoms with Gasteiger partial charge in [0.05, 0.1) is 31.0 Å². The summed E-state index contributed by atoms with van der Waals surface area (Å²) in [6.45, 7) is 1.86. The van der Waals surface area contributed by atoms with Crippen LogP contribution < -0.4 is 20.1 Å². The lowest BCUT2D eigenvalue weighted by molar-refractivity contribution is 0.0931. The summed E-state index contributed by atoms with van der Waals surface area (Å²) in [6.07, 6.45) is 1.88. The van der Waals surface area contributed by atoms with Gasteiger partial charge < -0.3 is 20.1 Å². The number of rotatable bonds is 5. The molecule has 3 aromatic rings. The number of nitrogens with zero attached hydrogens (tertiary/aromatic N) is 1. The molecule has 0 aliphatic carbocycles. The standard InChI is InChI=1S/C23H25N3O3/c1-28-21-8-7-15(13-22(21)29-2)20-14-18(17-5-3-4-6-19(17)26-20)23(27)25-16-9-11-24-12-10-16/h3-8,13-14,16,24H,9-12H2,1-2H3,(H,25,27). The molecule has 0 saturated carbocycles. The van der Waals surface area contributed by atoms with Gasteiger partial charge in [-0.1, -0.05) is 18.2 Å². The van der Waals surface area contributed by atoms with E-state index < -0.39 is 0 Å². The zero-order chi connectivity index (χ0) is 20.2. The Morgan fingerprint density at radius 2 is 1.79 bits per heavy atom. The zero-order valence-electron chi connectivity index (χ0n) is 16.7. The van der Waals surface area contributed by atoms with Gasteiger partial charge in [-0.25, -0.2) is 4.98 Å². The lowest BCUT2D eigenvalue weighted by Crippen LogP contribution is -2.42. The fourth-order valence-electron chi connectivity index (χ4n) is 3.74. The number of carbonyl (C=O) groups excluding carboxylic acids is 1. The molecule has 1 amide bonds. The molecule has 6 heteroatoms. The molecule has 0 radical (unpaired) electrons. The third kappa shape index (κ3) is 4.03. The molecule has 0 unspecified atom stereocenters. The van der Waals surface area contributed by atoms with E-state index in [1.807, 2.05) is 48.5 Å². The van der Waals surface area contributed by atoms with E-state index in [-0.39, 0.29) is 11.9 Å². The quantitative estimate of drug-likeness (QED) is 0.697. The number of fused-ring (bicyclic) bond motifs is 1. The first-order valence-corrected chi connectivity index (χ1v) is 9.83. The van der Waals surface area contributed by atoms with Gasteiger partial charge in [0, 0.05) is 17.0 Å². The Morgan fingerprint density at radius 3 is 2.55 bits per heavy atom. The van der Waals surface area contributed by atoms with Gasteiger partial charge in [0.25, 0.3) is 5.91 Å². The smallest absolute Gasteiger partial charge is 0.252 e. The van der Waals surface area contributed by atoms with Crippen molar-refractivity contribution in [3.63, 3.8) is 0 Å². The van der Waals surface area contributed by atoms with Crippen molar-refractivity contribution < 1.29 is 14.3 Å². The molecule has 29 heavy (non-hydrogen) atoms. The maximum atomic E-state index is 13.1. The second-order valence-electron chi connectivity index (χ2n) is 7.14. The fourth-order valence-corrected chi connectivity index (χ4v) is 3.74. The van der Waals surface area contributed by atoms with Crippen molar-refractivity contribution in [1.29, 1.82) is 0 Å². The van der Waals surface area contributed by atoms with Crippen molar-refractivity contribution in [2.75, 3.05) is 27.3 Å². The third-order valence-corrected chi connectivity index (χ3v) is 5.31. The van der Waals surface area contributed by atoms with Gasteiger partial charge in [-0.05, 0) is 56.3 Å². The number of nitrogens with one attached hydrogen (secondary N) is 2. The van der Waals surface area contributed by atoms with Crippen LogP contribution in [-0.4, -0.2) is 44.2 Å². The van der Waals surface area contributed by atoms with E-state index in [1.54, 1.807) is 14.2 Å². The van der Waals surface area contributed by atoms with Gasteiger partial charge >= 0.3 is 0 Å². The minimum atomic E-state index is -0.0581. The average molecular weight is 391 g/mol. The average Bonchev–Trinajstić information content (AvgIpc) is 2.78. The van der Waals surface area contributed by atoms with Crippen molar-refractivity contribution >= 4 is 16.8 Å². The maximum absolute atomic E-state index is 13.1. The number of piperidine rings is 1. The number of hydrogen-bond acceptors (Lipinski definition) is 5. The fraction of sp³-hybridized carbons (Fsp3) is 0.304. The molecule has 0 atom stereocenters. The summed E-state index contributed by atoms with van der Waals surface area (Å²) in [5, 5.41) is 7.37. The third-order valence-electron chi connectivity index (χ3n) is 5.31. The highest BCUT2D eigenvalue weighted by atomic mass is 16.5. The normalized spacial score (nSPS) is 14.6. The summed E-state index contributed by atoms with van der Waals surface area (Å²) in [5.41, 5.74) is 3.01. The minimum absolute atomic E-state index is 0.0581. The highest BCUT2D eigenvalue weighted by Crippen LogP contribution is 2.33. The Bertz CT molecular complexity index is 1030. The number of ether oxygens (including phenoxy) is 2. The molecule has 1 fully saturated rings. The number of amides is 1. The molecule has 2 N–H and O–H groups in total. The number of benzene rings is 2. The molecule has 4 rings (SSSR count). The molecule has 2 heterocycles. The van der Waals surface area contributed by atoms with Gasteiger partial charge in [-0.2, -0.15) is 0 Å². The topological polar surface area (TPSA) is 72.5 Å². The number of hydrogen-bond donors (Lipinski definition) is 2. The molecule has 6 nitrogen and oxygen atoms in total. The molecule has 1 aromatic heterocycles. The van der Waals surface area contributed by atoms with Crippen LogP contribution in [-0.2, 0) is 0 Å². The van der Waals surface area contributed by atoms with Crippen molar-refractivity contribution in [2.45, 2.75) is 18.9 Å². The van der Waals surface area contributed by atoms with E-state index in [4.69, 9.17) is 14.5 Å². The first kappa shape index (κ1) is 19.2.